The number of amides is 2. The van der Waals surface area contributed by atoms with Gasteiger partial charge in [0, 0.05) is 11.6 Å². The van der Waals surface area contributed by atoms with E-state index in [0.29, 0.717) is 11.3 Å². The SMILES string of the molecule is Cc1ccc(N2C(=O)[C@@H]3[C@H](C2=O)[C@H]2C=C[C@H]3C23CC3)cc1[N+](=O)[O-]. The monoisotopic (exact) mass is 324 g/mol. The molecule has 122 valence electrons. The third-order valence-electron chi connectivity index (χ3n) is 6.50. The maximum atomic E-state index is 13.0. The smallest absolute Gasteiger partial charge is 0.274 e. The molecule has 1 aromatic rings. The second-order valence-corrected chi connectivity index (χ2v) is 7.46. The first-order valence-electron chi connectivity index (χ1n) is 8.27. The van der Waals surface area contributed by atoms with Crippen molar-refractivity contribution in [2.24, 2.45) is 29.1 Å². The highest BCUT2D eigenvalue weighted by atomic mass is 16.6. The molecule has 4 aliphatic rings. The second kappa shape index (κ2) is 4.12. The zero-order chi connectivity index (χ0) is 16.8. The summed E-state index contributed by atoms with van der Waals surface area (Å²) < 4.78 is 0. The average Bonchev–Trinajstić information content (AvgIpc) is 3.14. The molecule has 2 bridgehead atoms. The zero-order valence-electron chi connectivity index (χ0n) is 13.1. The van der Waals surface area contributed by atoms with E-state index in [0.717, 1.165) is 12.8 Å². The van der Waals surface area contributed by atoms with E-state index in [-0.39, 0.29) is 46.6 Å². The largest absolute Gasteiger partial charge is 0.274 e. The van der Waals surface area contributed by atoms with Crippen LogP contribution in [0.15, 0.2) is 30.4 Å². The molecule has 1 aliphatic heterocycles. The number of aryl methyl sites for hydroxylation is 1. The van der Waals surface area contributed by atoms with E-state index in [1.807, 2.05) is 0 Å². The maximum absolute atomic E-state index is 13.0. The first-order chi connectivity index (χ1) is 11.5. The van der Waals surface area contributed by atoms with E-state index >= 15 is 0 Å². The highest BCUT2D eigenvalue weighted by molar-refractivity contribution is 6.23. The van der Waals surface area contributed by atoms with Crippen LogP contribution in [0.1, 0.15) is 18.4 Å². The summed E-state index contributed by atoms with van der Waals surface area (Å²) in [5.74, 6) is -0.618. The van der Waals surface area contributed by atoms with Crippen molar-refractivity contribution >= 4 is 23.2 Å². The van der Waals surface area contributed by atoms with Gasteiger partial charge >= 0.3 is 0 Å². The van der Waals surface area contributed by atoms with Crippen molar-refractivity contribution in [1.82, 2.24) is 0 Å². The average molecular weight is 324 g/mol. The number of fused-ring (bicyclic) bond motifs is 3. The second-order valence-electron chi connectivity index (χ2n) is 7.46. The van der Waals surface area contributed by atoms with Crippen LogP contribution in [0.4, 0.5) is 11.4 Å². The van der Waals surface area contributed by atoms with E-state index in [4.69, 9.17) is 0 Å². The summed E-state index contributed by atoms with van der Waals surface area (Å²) in [5.41, 5.74) is 0.930. The number of allylic oxidation sites excluding steroid dienone is 2. The van der Waals surface area contributed by atoms with E-state index in [1.54, 1.807) is 19.1 Å². The van der Waals surface area contributed by atoms with Crippen LogP contribution in [0, 0.1) is 46.1 Å². The van der Waals surface area contributed by atoms with Gasteiger partial charge in [-0.05, 0) is 43.1 Å². The summed E-state index contributed by atoms with van der Waals surface area (Å²) in [5, 5.41) is 11.2. The molecule has 6 heteroatoms. The molecule has 5 rings (SSSR count). The van der Waals surface area contributed by atoms with Gasteiger partial charge < -0.3 is 0 Å². The van der Waals surface area contributed by atoms with E-state index in [2.05, 4.69) is 12.2 Å². The molecule has 2 amide bonds. The van der Waals surface area contributed by atoms with E-state index < -0.39 is 4.92 Å². The molecule has 4 atom stereocenters. The van der Waals surface area contributed by atoms with Gasteiger partial charge in [0.15, 0.2) is 0 Å². The maximum Gasteiger partial charge on any atom is 0.274 e. The summed E-state index contributed by atoms with van der Waals surface area (Å²) in [6.45, 7) is 1.64. The predicted molar refractivity (Wildman–Crippen MR) is 85.1 cm³/mol. The number of nitrogens with zero attached hydrogens (tertiary/aromatic N) is 2. The Kier molecular flexibility index (Phi) is 2.39. The Morgan fingerprint density at radius 3 is 2.21 bits per heavy atom. The topological polar surface area (TPSA) is 80.5 Å². The molecular formula is C18H16N2O4. The molecule has 24 heavy (non-hydrogen) atoms. The van der Waals surface area contributed by atoms with Crippen LogP contribution in [0.25, 0.3) is 0 Å². The first-order valence-corrected chi connectivity index (χ1v) is 8.27. The minimum Gasteiger partial charge on any atom is -0.274 e. The van der Waals surface area contributed by atoms with E-state index in [1.165, 1.54) is 11.0 Å². The van der Waals surface area contributed by atoms with E-state index in [9.17, 15) is 19.7 Å². The van der Waals surface area contributed by atoms with Gasteiger partial charge in [-0.15, -0.1) is 0 Å². The summed E-state index contributed by atoms with van der Waals surface area (Å²) in [6.07, 6.45) is 6.42. The molecule has 6 nitrogen and oxygen atoms in total. The Balaban J connectivity index is 1.56. The summed E-state index contributed by atoms with van der Waals surface area (Å²) in [4.78, 5) is 37.8. The number of imide groups is 1. The predicted octanol–water partition coefficient (Wildman–Crippen LogP) is 2.60. The molecule has 0 unspecified atom stereocenters. The fourth-order valence-corrected chi connectivity index (χ4v) is 5.27. The number of carbonyl (C=O) groups is 2. The van der Waals surface area contributed by atoms with Crippen molar-refractivity contribution in [3.05, 3.63) is 46.0 Å². The molecular weight excluding hydrogens is 308 g/mol. The number of hydrogen-bond acceptors (Lipinski definition) is 4. The Labute approximate surface area is 138 Å². The molecule has 3 fully saturated rings. The van der Waals surface area contributed by atoms with Crippen molar-refractivity contribution < 1.29 is 14.5 Å². The molecule has 2 saturated carbocycles. The van der Waals surface area contributed by atoms with Crippen molar-refractivity contribution in [2.75, 3.05) is 4.90 Å². The van der Waals surface area contributed by atoms with Crippen LogP contribution in [0.3, 0.4) is 0 Å². The quantitative estimate of drug-likeness (QED) is 0.362. The Morgan fingerprint density at radius 2 is 1.71 bits per heavy atom. The fourth-order valence-electron chi connectivity index (χ4n) is 5.27. The number of nitro groups is 1. The van der Waals surface area contributed by atoms with Crippen molar-refractivity contribution in [3.8, 4) is 0 Å². The minimum absolute atomic E-state index is 0.0649. The summed E-state index contributed by atoms with van der Waals surface area (Å²) in [7, 11) is 0. The Bertz CT molecular complexity index is 821. The highest BCUT2D eigenvalue weighted by Crippen LogP contribution is 2.73. The summed E-state index contributed by atoms with van der Waals surface area (Å²) in [6, 6.07) is 4.56. The van der Waals surface area contributed by atoms with Gasteiger partial charge in [-0.2, -0.15) is 0 Å². The van der Waals surface area contributed by atoms with Crippen molar-refractivity contribution in [2.45, 2.75) is 19.8 Å². The number of anilines is 1. The molecule has 1 aromatic carbocycles. The number of carbonyl (C=O) groups excluding carboxylic acids is 2. The fraction of sp³-hybridized carbons (Fsp3) is 0.444. The third kappa shape index (κ3) is 1.42. The van der Waals surface area contributed by atoms with Gasteiger partial charge in [0.2, 0.25) is 11.8 Å². The minimum atomic E-state index is -0.477. The molecule has 3 aliphatic carbocycles. The lowest BCUT2D eigenvalue weighted by atomic mass is 9.85. The van der Waals surface area contributed by atoms with Crippen LogP contribution < -0.4 is 4.90 Å². The Morgan fingerprint density at radius 1 is 1.12 bits per heavy atom. The number of rotatable bonds is 2. The molecule has 1 saturated heterocycles. The van der Waals surface area contributed by atoms with Crippen LogP contribution in [0.5, 0.6) is 0 Å². The van der Waals surface area contributed by atoms with Gasteiger partial charge in [-0.25, -0.2) is 4.90 Å². The molecule has 0 aromatic heterocycles. The van der Waals surface area contributed by atoms with Gasteiger partial charge in [0.25, 0.3) is 5.69 Å². The van der Waals surface area contributed by atoms with Gasteiger partial charge in [-0.3, -0.25) is 19.7 Å². The van der Waals surface area contributed by atoms with Crippen LogP contribution >= 0.6 is 0 Å². The van der Waals surface area contributed by atoms with Gasteiger partial charge in [0.05, 0.1) is 22.4 Å². The molecule has 0 radical (unpaired) electrons. The number of benzene rings is 1. The Hall–Kier alpha value is -2.50. The lowest BCUT2D eigenvalue weighted by Crippen LogP contribution is -2.34. The lowest BCUT2D eigenvalue weighted by molar-refractivity contribution is -0.385. The summed E-state index contributed by atoms with van der Waals surface area (Å²) >= 11 is 0. The van der Waals surface area contributed by atoms with Crippen LogP contribution in [-0.2, 0) is 9.59 Å². The van der Waals surface area contributed by atoms with Crippen LogP contribution in [0.2, 0.25) is 0 Å². The molecule has 1 heterocycles. The highest BCUT2D eigenvalue weighted by Gasteiger charge is 2.73. The standard InChI is InChI=1S/C18H16N2O4/c1-9-2-3-10(8-13(9)20(23)24)19-16(21)14-11-4-5-12(15(14)17(19)22)18(11)6-7-18/h2-5,8,11-12,14-15H,6-7H2,1H3/t11-,12-,14-,15+/m1/s1. The van der Waals surface area contributed by atoms with Crippen LogP contribution in [-0.4, -0.2) is 16.7 Å². The van der Waals surface area contributed by atoms with Gasteiger partial charge in [0.1, 0.15) is 0 Å². The molecule has 0 N–H and O–H groups in total. The lowest BCUT2D eigenvalue weighted by Gasteiger charge is -2.21. The normalized spacial score (nSPS) is 34.3. The number of hydrogen-bond donors (Lipinski definition) is 0. The zero-order valence-corrected chi connectivity index (χ0v) is 13.1. The van der Waals surface area contributed by atoms with Crippen molar-refractivity contribution in [3.63, 3.8) is 0 Å². The van der Waals surface area contributed by atoms with Crippen molar-refractivity contribution in [1.29, 1.82) is 0 Å². The third-order valence-corrected chi connectivity index (χ3v) is 6.50. The molecule has 1 spiro atoms. The number of nitro benzene ring substituents is 1. The van der Waals surface area contributed by atoms with Gasteiger partial charge in [-0.1, -0.05) is 18.2 Å². The first kappa shape index (κ1) is 13.9.